The third-order valence-electron chi connectivity index (χ3n) is 6.97. The van der Waals surface area contributed by atoms with Gasteiger partial charge in [-0.15, -0.1) is 0 Å². The van der Waals surface area contributed by atoms with Crippen LogP contribution in [-0.2, 0) is 11.3 Å². The van der Waals surface area contributed by atoms with Crippen LogP contribution >= 0.6 is 11.6 Å². The van der Waals surface area contributed by atoms with Gasteiger partial charge in [0.1, 0.15) is 12.4 Å². The van der Waals surface area contributed by atoms with E-state index in [0.717, 1.165) is 38.0 Å². The quantitative estimate of drug-likeness (QED) is 0.525. The lowest BCUT2D eigenvalue weighted by molar-refractivity contribution is -0.122. The van der Waals surface area contributed by atoms with E-state index in [2.05, 4.69) is 16.3 Å². The predicted molar refractivity (Wildman–Crippen MR) is 138 cm³/mol. The van der Waals surface area contributed by atoms with E-state index in [9.17, 15) is 14.7 Å². The summed E-state index contributed by atoms with van der Waals surface area (Å²) in [6.07, 6.45) is 1.99. The Balaban J connectivity index is 1.46. The number of hydrogen-bond donors (Lipinski definition) is 2. The maximum atomic E-state index is 13.7. The number of carbonyl (C=O) groups is 1. The molecule has 8 heteroatoms. The molecule has 1 amide bonds. The number of benzene rings is 2. The van der Waals surface area contributed by atoms with E-state index in [1.807, 2.05) is 38.1 Å². The van der Waals surface area contributed by atoms with Crippen molar-refractivity contribution in [1.82, 2.24) is 19.8 Å². The van der Waals surface area contributed by atoms with Crippen LogP contribution in [0, 0.1) is 5.92 Å². The molecule has 7 nitrogen and oxygen atoms in total. The fourth-order valence-corrected chi connectivity index (χ4v) is 5.40. The second-order valence-corrected chi connectivity index (χ2v) is 10.7. The first-order valence-corrected chi connectivity index (χ1v) is 12.6. The second-order valence-electron chi connectivity index (χ2n) is 10.2. The number of fused-ring (bicyclic) bond motifs is 1. The van der Waals surface area contributed by atoms with Crippen LogP contribution in [0.1, 0.15) is 38.2 Å². The standard InChI is InChI=1S/C27H31ClN4O3/c1-16(2)29-25(34)15-32-26(19-4-3-5-21(28)10-19)30-24-7-6-18(11-23(24)27(32)35)20-8-17(9-20)12-31-13-22(33)14-31/h3-7,10-11,16-17,20,22,33H,8-9,12-15H2,1-2H3,(H,29,34)/t17-,20+. The van der Waals surface area contributed by atoms with Crippen molar-refractivity contribution < 1.29 is 9.90 Å². The molecule has 2 aromatic carbocycles. The molecule has 184 valence electrons. The van der Waals surface area contributed by atoms with E-state index in [-0.39, 0.29) is 30.2 Å². The molecule has 0 spiro atoms. The number of halogens is 1. The highest BCUT2D eigenvalue weighted by Gasteiger charge is 2.35. The van der Waals surface area contributed by atoms with Crippen LogP contribution in [0.3, 0.4) is 0 Å². The molecule has 1 saturated heterocycles. The number of aromatic nitrogens is 2. The van der Waals surface area contributed by atoms with Gasteiger partial charge in [0.2, 0.25) is 5.91 Å². The number of hydrogen-bond acceptors (Lipinski definition) is 5. The summed E-state index contributed by atoms with van der Waals surface area (Å²) in [5, 5.41) is 13.4. The van der Waals surface area contributed by atoms with Crippen LogP contribution in [0.2, 0.25) is 5.02 Å². The minimum Gasteiger partial charge on any atom is -0.390 e. The molecule has 0 bridgehead atoms. The summed E-state index contributed by atoms with van der Waals surface area (Å²) in [4.78, 5) is 33.4. The molecule has 1 saturated carbocycles. The third-order valence-corrected chi connectivity index (χ3v) is 7.21. The van der Waals surface area contributed by atoms with Crippen LogP contribution < -0.4 is 10.9 Å². The maximum Gasteiger partial charge on any atom is 0.262 e. The predicted octanol–water partition coefficient (Wildman–Crippen LogP) is 3.41. The Kier molecular flexibility index (Phi) is 6.66. The van der Waals surface area contributed by atoms with E-state index in [0.29, 0.717) is 39.1 Å². The van der Waals surface area contributed by atoms with Crippen LogP contribution in [0.5, 0.6) is 0 Å². The lowest BCUT2D eigenvalue weighted by atomic mass is 9.71. The summed E-state index contributed by atoms with van der Waals surface area (Å²) in [5.41, 5.74) is 2.22. The molecule has 0 unspecified atom stereocenters. The molecule has 2 N–H and O–H groups in total. The zero-order chi connectivity index (χ0) is 24.7. The Morgan fingerprint density at radius 2 is 1.97 bits per heavy atom. The molecule has 1 aromatic heterocycles. The molecule has 2 heterocycles. The number of aliphatic hydroxyl groups excluding tert-OH is 1. The van der Waals surface area contributed by atoms with Gasteiger partial charge in [-0.25, -0.2) is 4.98 Å². The fraction of sp³-hybridized carbons (Fsp3) is 0.444. The first-order valence-electron chi connectivity index (χ1n) is 12.3. The number of β-amino-alcohol motifs (C(OH)–C–C–N with tert-alkyl or cyclic N) is 1. The van der Waals surface area contributed by atoms with Gasteiger partial charge in [-0.3, -0.25) is 19.1 Å². The van der Waals surface area contributed by atoms with Gasteiger partial charge in [0, 0.05) is 36.3 Å². The summed E-state index contributed by atoms with van der Waals surface area (Å²) >= 11 is 6.21. The van der Waals surface area contributed by atoms with E-state index < -0.39 is 0 Å². The molecule has 0 radical (unpaired) electrons. The van der Waals surface area contributed by atoms with Gasteiger partial charge in [0.15, 0.2) is 0 Å². The molecular formula is C27H31ClN4O3. The highest BCUT2D eigenvalue weighted by Crippen LogP contribution is 2.42. The molecule has 1 aliphatic heterocycles. The zero-order valence-electron chi connectivity index (χ0n) is 20.1. The summed E-state index contributed by atoms with van der Waals surface area (Å²) in [6, 6.07) is 13.1. The topological polar surface area (TPSA) is 87.5 Å². The van der Waals surface area contributed by atoms with Gasteiger partial charge >= 0.3 is 0 Å². The Morgan fingerprint density at radius 3 is 2.66 bits per heavy atom. The lowest BCUT2D eigenvalue weighted by Crippen LogP contribution is -2.53. The number of aliphatic hydroxyl groups is 1. The van der Waals surface area contributed by atoms with Crippen LogP contribution in [-0.4, -0.2) is 57.2 Å². The van der Waals surface area contributed by atoms with Crippen molar-refractivity contribution in [2.75, 3.05) is 19.6 Å². The van der Waals surface area contributed by atoms with E-state index in [1.54, 1.807) is 12.1 Å². The average molecular weight is 495 g/mol. The maximum absolute atomic E-state index is 13.7. The number of rotatable bonds is 7. The van der Waals surface area contributed by atoms with Crippen molar-refractivity contribution in [3.8, 4) is 11.4 Å². The van der Waals surface area contributed by atoms with Crippen molar-refractivity contribution in [3.63, 3.8) is 0 Å². The number of nitrogens with zero attached hydrogens (tertiary/aromatic N) is 3. The van der Waals surface area contributed by atoms with E-state index >= 15 is 0 Å². The van der Waals surface area contributed by atoms with Gasteiger partial charge in [0.25, 0.3) is 5.56 Å². The molecule has 3 aromatic rings. The molecule has 0 atom stereocenters. The van der Waals surface area contributed by atoms with Crippen LogP contribution in [0.15, 0.2) is 47.3 Å². The highest BCUT2D eigenvalue weighted by atomic mass is 35.5. The Morgan fingerprint density at radius 1 is 1.20 bits per heavy atom. The number of amides is 1. The second kappa shape index (κ2) is 9.72. The summed E-state index contributed by atoms with van der Waals surface area (Å²) < 4.78 is 1.45. The Hall–Kier alpha value is -2.74. The van der Waals surface area contributed by atoms with Crippen molar-refractivity contribution in [1.29, 1.82) is 0 Å². The van der Waals surface area contributed by atoms with Gasteiger partial charge < -0.3 is 10.4 Å². The number of likely N-dealkylation sites (tertiary alicyclic amines) is 1. The van der Waals surface area contributed by atoms with Crippen molar-refractivity contribution in [2.45, 2.75) is 51.3 Å². The molecule has 1 aliphatic carbocycles. The van der Waals surface area contributed by atoms with Gasteiger partial charge in [0.05, 0.1) is 17.0 Å². The minimum atomic E-state index is -0.236. The molecule has 5 rings (SSSR count). The monoisotopic (exact) mass is 494 g/mol. The van der Waals surface area contributed by atoms with E-state index in [1.165, 1.54) is 4.57 Å². The number of nitrogens with one attached hydrogen (secondary N) is 1. The SMILES string of the molecule is CC(C)NC(=O)Cn1c(-c2cccc(Cl)c2)nc2ccc([C@H]3C[C@@H](CN4CC(O)C4)C3)cc2c1=O. The van der Waals surface area contributed by atoms with Crippen molar-refractivity contribution in [3.05, 3.63) is 63.4 Å². The fourth-order valence-electron chi connectivity index (χ4n) is 5.21. The van der Waals surface area contributed by atoms with Crippen molar-refractivity contribution in [2.24, 2.45) is 5.92 Å². The third kappa shape index (κ3) is 5.13. The molecule has 2 aliphatic rings. The van der Waals surface area contributed by atoms with Crippen LogP contribution in [0.4, 0.5) is 0 Å². The first kappa shape index (κ1) is 24.0. The first-order chi connectivity index (χ1) is 16.8. The van der Waals surface area contributed by atoms with Crippen molar-refractivity contribution >= 4 is 28.4 Å². The lowest BCUT2D eigenvalue weighted by Gasteiger charge is -2.43. The van der Waals surface area contributed by atoms with E-state index in [4.69, 9.17) is 16.6 Å². The summed E-state index contributed by atoms with van der Waals surface area (Å²) in [5.74, 6) is 1.24. The smallest absolute Gasteiger partial charge is 0.262 e. The molecule has 35 heavy (non-hydrogen) atoms. The van der Waals surface area contributed by atoms with Crippen LogP contribution in [0.25, 0.3) is 22.3 Å². The summed E-state index contributed by atoms with van der Waals surface area (Å²) in [6.45, 7) is 6.25. The average Bonchev–Trinajstić information content (AvgIpc) is 2.75. The molecular weight excluding hydrogens is 464 g/mol. The Bertz CT molecular complexity index is 1310. The largest absolute Gasteiger partial charge is 0.390 e. The minimum absolute atomic E-state index is 0.0288. The van der Waals surface area contributed by atoms with Gasteiger partial charge in [-0.1, -0.05) is 29.8 Å². The summed E-state index contributed by atoms with van der Waals surface area (Å²) in [7, 11) is 0. The van der Waals surface area contributed by atoms with Gasteiger partial charge in [-0.05, 0) is 68.4 Å². The van der Waals surface area contributed by atoms with Gasteiger partial charge in [-0.2, -0.15) is 0 Å². The Labute approximate surface area is 209 Å². The normalized spacial score (nSPS) is 20.6. The zero-order valence-corrected chi connectivity index (χ0v) is 20.8. The highest BCUT2D eigenvalue weighted by molar-refractivity contribution is 6.30. The molecule has 2 fully saturated rings. The number of carbonyl (C=O) groups excluding carboxylic acids is 1.